The second kappa shape index (κ2) is 7.65. The number of benzene rings is 1. The molecule has 0 aliphatic carbocycles. The molecule has 1 aromatic carbocycles. The zero-order chi connectivity index (χ0) is 18.5. The molecule has 0 aliphatic rings. The number of hydrogen-bond acceptors (Lipinski definition) is 3. The van der Waals surface area contributed by atoms with Gasteiger partial charge in [-0.05, 0) is 31.2 Å². The van der Waals surface area contributed by atoms with Crippen LogP contribution in [0.25, 0.3) is 0 Å². The number of amides is 2. The van der Waals surface area contributed by atoms with Crippen molar-refractivity contribution in [2.75, 3.05) is 17.2 Å². The maximum Gasteiger partial charge on any atom is 0.411 e. The van der Waals surface area contributed by atoms with Crippen molar-refractivity contribution in [1.29, 1.82) is 0 Å². The van der Waals surface area contributed by atoms with E-state index in [4.69, 9.17) is 0 Å². The van der Waals surface area contributed by atoms with Crippen molar-refractivity contribution in [3.63, 3.8) is 0 Å². The van der Waals surface area contributed by atoms with Crippen LogP contribution in [0.15, 0.2) is 24.3 Å². The van der Waals surface area contributed by atoms with Gasteiger partial charge in [0, 0.05) is 16.8 Å². The summed E-state index contributed by atoms with van der Waals surface area (Å²) in [4.78, 5) is 23.6. The van der Waals surface area contributed by atoms with Crippen LogP contribution in [0, 0.1) is 5.41 Å². The van der Waals surface area contributed by atoms with Gasteiger partial charge in [-0.1, -0.05) is 20.8 Å². The van der Waals surface area contributed by atoms with Crippen molar-refractivity contribution in [1.82, 2.24) is 0 Å². The van der Waals surface area contributed by atoms with Crippen LogP contribution in [0.5, 0.6) is 0 Å². The highest BCUT2D eigenvalue weighted by Crippen LogP contribution is 2.20. The Labute approximate surface area is 138 Å². The van der Waals surface area contributed by atoms with E-state index >= 15 is 0 Å². The number of carbonyl (C=O) groups excluding carboxylic acids is 2. The number of nitrogens with one attached hydrogen (secondary N) is 2. The normalized spacial score (nSPS) is 13.3. The lowest BCUT2D eigenvalue weighted by molar-refractivity contribution is -0.184. The molecular formula is C16H21F3N2O3. The molecule has 1 atom stereocenters. The summed E-state index contributed by atoms with van der Waals surface area (Å²) in [7, 11) is 0. The highest BCUT2D eigenvalue weighted by Gasteiger charge is 2.30. The molecule has 0 fully saturated rings. The molecule has 0 spiro atoms. The number of ether oxygens (including phenoxy) is 1. The summed E-state index contributed by atoms with van der Waals surface area (Å²) in [5, 5.41) is 5.17. The summed E-state index contributed by atoms with van der Waals surface area (Å²) in [6.45, 7) is 5.08. The second-order valence-corrected chi connectivity index (χ2v) is 6.34. The van der Waals surface area contributed by atoms with E-state index in [0.717, 1.165) is 0 Å². The van der Waals surface area contributed by atoms with E-state index in [0.29, 0.717) is 11.4 Å². The van der Waals surface area contributed by atoms with E-state index in [1.54, 1.807) is 32.9 Å². The lowest BCUT2D eigenvalue weighted by atomic mass is 9.95. The van der Waals surface area contributed by atoms with Crippen LogP contribution in [0.1, 0.15) is 27.7 Å². The Balaban J connectivity index is 2.57. The second-order valence-electron chi connectivity index (χ2n) is 6.34. The Morgan fingerprint density at radius 3 is 1.92 bits per heavy atom. The number of alkyl halides is 3. The lowest BCUT2D eigenvalue weighted by Crippen LogP contribution is -2.31. The van der Waals surface area contributed by atoms with E-state index in [1.807, 2.05) is 0 Å². The number of halogens is 3. The van der Waals surface area contributed by atoms with Crippen molar-refractivity contribution in [2.45, 2.75) is 40.0 Å². The topological polar surface area (TPSA) is 67.4 Å². The molecule has 0 bridgehead atoms. The fourth-order valence-corrected chi connectivity index (χ4v) is 1.49. The first-order chi connectivity index (χ1) is 10.9. The quantitative estimate of drug-likeness (QED) is 0.856. The first kappa shape index (κ1) is 20.0. The van der Waals surface area contributed by atoms with Gasteiger partial charge >= 0.3 is 6.18 Å². The molecule has 0 saturated heterocycles. The fraction of sp³-hybridized carbons (Fsp3) is 0.500. The molecule has 0 unspecified atom stereocenters. The van der Waals surface area contributed by atoms with E-state index in [-0.39, 0.29) is 5.91 Å². The molecule has 134 valence electrons. The summed E-state index contributed by atoms with van der Waals surface area (Å²) in [5.74, 6) is -0.848. The van der Waals surface area contributed by atoms with Gasteiger partial charge in [-0.3, -0.25) is 9.59 Å². The molecule has 24 heavy (non-hydrogen) atoms. The molecule has 0 heterocycles. The Morgan fingerprint density at radius 2 is 1.50 bits per heavy atom. The van der Waals surface area contributed by atoms with Gasteiger partial charge in [0.15, 0.2) is 0 Å². The van der Waals surface area contributed by atoms with Crippen LogP contribution in [0.2, 0.25) is 0 Å². The molecule has 1 aromatic rings. The predicted molar refractivity (Wildman–Crippen MR) is 84.6 cm³/mol. The van der Waals surface area contributed by atoms with Crippen LogP contribution < -0.4 is 10.6 Å². The van der Waals surface area contributed by atoms with Crippen LogP contribution in [-0.4, -0.2) is 30.7 Å². The third-order valence-electron chi connectivity index (χ3n) is 2.96. The van der Waals surface area contributed by atoms with Gasteiger partial charge in [0.25, 0.3) is 5.91 Å². The van der Waals surface area contributed by atoms with Crippen LogP contribution in [0.4, 0.5) is 24.5 Å². The Hall–Kier alpha value is -2.09. The molecule has 2 N–H and O–H groups in total. The van der Waals surface area contributed by atoms with Gasteiger partial charge in [-0.2, -0.15) is 13.2 Å². The Morgan fingerprint density at radius 1 is 1.04 bits per heavy atom. The zero-order valence-corrected chi connectivity index (χ0v) is 14.0. The van der Waals surface area contributed by atoms with Gasteiger partial charge < -0.3 is 15.4 Å². The first-order valence-corrected chi connectivity index (χ1v) is 7.29. The van der Waals surface area contributed by atoms with Crippen molar-refractivity contribution in [3.8, 4) is 0 Å². The third-order valence-corrected chi connectivity index (χ3v) is 2.96. The molecule has 1 rings (SSSR count). The average molecular weight is 346 g/mol. The van der Waals surface area contributed by atoms with E-state index in [1.165, 1.54) is 19.1 Å². The van der Waals surface area contributed by atoms with Crippen molar-refractivity contribution in [3.05, 3.63) is 24.3 Å². The average Bonchev–Trinajstić information content (AvgIpc) is 2.44. The number of rotatable bonds is 5. The van der Waals surface area contributed by atoms with Crippen molar-refractivity contribution >= 4 is 23.2 Å². The van der Waals surface area contributed by atoms with Gasteiger partial charge in [-0.15, -0.1) is 0 Å². The molecule has 0 saturated carbocycles. The molecule has 0 aliphatic heterocycles. The van der Waals surface area contributed by atoms with Crippen LogP contribution in [0.3, 0.4) is 0 Å². The number of hydrogen-bond donors (Lipinski definition) is 2. The maximum absolute atomic E-state index is 12.0. The summed E-state index contributed by atoms with van der Waals surface area (Å²) in [6, 6.07) is 6.24. The molecular weight excluding hydrogens is 325 g/mol. The van der Waals surface area contributed by atoms with E-state index in [9.17, 15) is 22.8 Å². The minimum Gasteiger partial charge on any atom is -0.359 e. The molecule has 2 amide bonds. The monoisotopic (exact) mass is 346 g/mol. The summed E-state index contributed by atoms with van der Waals surface area (Å²) in [6.07, 6.45) is -5.73. The van der Waals surface area contributed by atoms with Gasteiger partial charge in [0.2, 0.25) is 5.91 Å². The molecule has 0 radical (unpaired) electrons. The minimum absolute atomic E-state index is 0.159. The maximum atomic E-state index is 12.0. The van der Waals surface area contributed by atoms with Crippen LogP contribution in [-0.2, 0) is 14.3 Å². The largest absolute Gasteiger partial charge is 0.411 e. The van der Waals surface area contributed by atoms with Crippen molar-refractivity contribution in [2.24, 2.45) is 5.41 Å². The van der Waals surface area contributed by atoms with E-state index < -0.39 is 30.2 Å². The minimum atomic E-state index is -4.48. The Bertz CT molecular complexity index is 578. The molecule has 0 aromatic heterocycles. The standard InChI is InChI=1S/C16H21F3N2O3/c1-10(24-9-16(17,18)19)13(22)20-11-5-7-12(8-6-11)21-14(23)15(2,3)4/h5-8,10H,9H2,1-4H3,(H,20,22)(H,21,23)/t10-/m0/s1. The van der Waals surface area contributed by atoms with Gasteiger partial charge in [-0.25, -0.2) is 0 Å². The highest BCUT2D eigenvalue weighted by molar-refractivity contribution is 5.96. The third kappa shape index (κ3) is 6.99. The summed E-state index contributed by atoms with van der Waals surface area (Å²) in [5.41, 5.74) is 0.392. The van der Waals surface area contributed by atoms with Gasteiger partial charge in [0.05, 0.1) is 0 Å². The summed E-state index contributed by atoms with van der Waals surface area (Å²) < 4.78 is 40.6. The SMILES string of the molecule is C[C@H](OCC(F)(F)F)C(=O)Nc1ccc(NC(=O)C(C)(C)C)cc1. The van der Waals surface area contributed by atoms with Crippen molar-refractivity contribution < 1.29 is 27.5 Å². The summed E-state index contributed by atoms with van der Waals surface area (Å²) >= 11 is 0. The fourth-order valence-electron chi connectivity index (χ4n) is 1.49. The first-order valence-electron chi connectivity index (χ1n) is 7.29. The highest BCUT2D eigenvalue weighted by atomic mass is 19.4. The molecule has 5 nitrogen and oxygen atoms in total. The molecule has 8 heteroatoms. The van der Waals surface area contributed by atoms with Gasteiger partial charge in [0.1, 0.15) is 12.7 Å². The van der Waals surface area contributed by atoms with E-state index in [2.05, 4.69) is 15.4 Å². The van der Waals surface area contributed by atoms with Crippen LogP contribution >= 0.6 is 0 Å². The smallest absolute Gasteiger partial charge is 0.359 e. The zero-order valence-electron chi connectivity index (χ0n) is 14.0. The predicted octanol–water partition coefficient (Wildman–Crippen LogP) is 3.58. The number of anilines is 2. The lowest BCUT2D eigenvalue weighted by Gasteiger charge is -2.18. The Kier molecular flexibility index (Phi) is 6.36. The number of carbonyl (C=O) groups is 2.